The van der Waals surface area contributed by atoms with Gasteiger partial charge in [0.2, 0.25) is 0 Å². The summed E-state index contributed by atoms with van der Waals surface area (Å²) < 4.78 is 6.30. The fourth-order valence-electron chi connectivity index (χ4n) is 2.14. The number of methoxy groups -OCH3 is 1. The molecule has 0 spiro atoms. The Labute approximate surface area is 130 Å². The fourth-order valence-corrected chi connectivity index (χ4v) is 3.06. The van der Waals surface area contributed by atoms with E-state index in [9.17, 15) is 14.4 Å². The van der Waals surface area contributed by atoms with Crippen LogP contribution in [-0.2, 0) is 13.0 Å². The molecule has 0 atom stereocenters. The lowest BCUT2D eigenvalue weighted by Gasteiger charge is -2.07. The summed E-state index contributed by atoms with van der Waals surface area (Å²) in [7, 11) is 1.50. The number of Topliss-reactive ketones (excluding diaryl/α,β-unsaturated/α-hetero) is 1. The van der Waals surface area contributed by atoms with Crippen molar-refractivity contribution in [3.05, 3.63) is 50.1 Å². The second-order valence-electron chi connectivity index (χ2n) is 4.54. The van der Waals surface area contributed by atoms with E-state index in [2.05, 4.69) is 0 Å². The number of carboxylic acid groups (broad SMARTS) is 1. The van der Waals surface area contributed by atoms with Crippen molar-refractivity contribution < 1.29 is 19.4 Å². The maximum atomic E-state index is 12.3. The highest BCUT2D eigenvalue weighted by Gasteiger charge is 2.20. The number of carbonyl (C=O) groups excluding carboxylic acids is 1. The van der Waals surface area contributed by atoms with E-state index in [1.807, 2.05) is 0 Å². The van der Waals surface area contributed by atoms with Crippen molar-refractivity contribution in [1.29, 1.82) is 0 Å². The van der Waals surface area contributed by atoms with Crippen molar-refractivity contribution in [2.75, 3.05) is 7.11 Å². The van der Waals surface area contributed by atoms with Crippen molar-refractivity contribution in [3.63, 3.8) is 0 Å². The molecule has 1 N–H and O–H groups in total. The van der Waals surface area contributed by atoms with Crippen LogP contribution in [0.25, 0.3) is 0 Å². The SMILES string of the molecule is CCc1c(C(=O)O)sc(=O)n1CC(=O)c1cccc(OC)c1. The Kier molecular flexibility index (Phi) is 4.77. The summed E-state index contributed by atoms with van der Waals surface area (Å²) in [5, 5.41) is 9.11. The van der Waals surface area contributed by atoms with Gasteiger partial charge in [-0.1, -0.05) is 30.4 Å². The van der Waals surface area contributed by atoms with Crippen molar-refractivity contribution in [1.82, 2.24) is 4.57 Å². The molecule has 7 heteroatoms. The first-order valence-electron chi connectivity index (χ1n) is 6.61. The molecule has 0 fully saturated rings. The molecule has 1 aromatic heterocycles. The van der Waals surface area contributed by atoms with Gasteiger partial charge in [0.15, 0.2) is 5.78 Å². The summed E-state index contributed by atoms with van der Waals surface area (Å²) in [4.78, 5) is 35.0. The highest BCUT2D eigenvalue weighted by atomic mass is 32.1. The molecule has 0 radical (unpaired) electrons. The van der Waals surface area contributed by atoms with Crippen LogP contribution in [0.15, 0.2) is 29.1 Å². The number of carboxylic acids is 1. The standard InChI is InChI=1S/C15H15NO5S/c1-3-11-13(14(18)19)22-15(20)16(11)8-12(17)9-5-4-6-10(7-9)21-2/h4-7H,3,8H2,1-2H3,(H,18,19). The van der Waals surface area contributed by atoms with Crippen LogP contribution in [-0.4, -0.2) is 28.5 Å². The second kappa shape index (κ2) is 6.57. The molecular weight excluding hydrogens is 306 g/mol. The molecule has 1 heterocycles. The van der Waals surface area contributed by atoms with Gasteiger partial charge in [0, 0.05) is 11.3 Å². The lowest BCUT2D eigenvalue weighted by molar-refractivity contribution is 0.0699. The topological polar surface area (TPSA) is 85.6 Å². The minimum Gasteiger partial charge on any atom is -0.497 e. The van der Waals surface area contributed by atoms with Gasteiger partial charge in [0.05, 0.1) is 13.7 Å². The Hall–Kier alpha value is -2.41. The maximum absolute atomic E-state index is 12.3. The van der Waals surface area contributed by atoms with Crippen LogP contribution < -0.4 is 9.61 Å². The lowest BCUT2D eigenvalue weighted by atomic mass is 10.1. The van der Waals surface area contributed by atoms with Gasteiger partial charge in [-0.25, -0.2) is 4.79 Å². The molecule has 2 aromatic rings. The van der Waals surface area contributed by atoms with Crippen LogP contribution in [0, 0.1) is 0 Å². The highest BCUT2D eigenvalue weighted by molar-refractivity contribution is 7.11. The van der Waals surface area contributed by atoms with E-state index in [1.54, 1.807) is 31.2 Å². The van der Waals surface area contributed by atoms with E-state index in [-0.39, 0.29) is 17.2 Å². The first kappa shape index (κ1) is 16.0. The van der Waals surface area contributed by atoms with Gasteiger partial charge in [-0.3, -0.25) is 14.2 Å². The van der Waals surface area contributed by atoms with Gasteiger partial charge in [-0.05, 0) is 18.6 Å². The van der Waals surface area contributed by atoms with Gasteiger partial charge in [-0.2, -0.15) is 0 Å². The lowest BCUT2D eigenvalue weighted by Crippen LogP contribution is -2.22. The third-order valence-electron chi connectivity index (χ3n) is 3.22. The summed E-state index contributed by atoms with van der Waals surface area (Å²) in [6, 6.07) is 6.62. The van der Waals surface area contributed by atoms with E-state index < -0.39 is 10.8 Å². The molecule has 0 unspecified atom stereocenters. The molecule has 1 aromatic carbocycles. The predicted molar refractivity (Wildman–Crippen MR) is 82.2 cm³/mol. The number of aromatic carboxylic acids is 1. The van der Waals surface area contributed by atoms with Gasteiger partial charge in [0.25, 0.3) is 0 Å². The molecule has 0 amide bonds. The molecule has 6 nitrogen and oxygen atoms in total. The zero-order chi connectivity index (χ0) is 16.3. The third kappa shape index (κ3) is 3.09. The van der Waals surface area contributed by atoms with Crippen LogP contribution in [0.4, 0.5) is 0 Å². The minimum atomic E-state index is -1.15. The minimum absolute atomic E-state index is 0.00839. The van der Waals surface area contributed by atoms with Crippen molar-refractivity contribution >= 4 is 23.1 Å². The number of ether oxygens (including phenoxy) is 1. The normalized spacial score (nSPS) is 10.5. The number of rotatable bonds is 6. The summed E-state index contributed by atoms with van der Waals surface area (Å²) in [6.45, 7) is 1.57. The number of thiazole rings is 1. The molecule has 0 aliphatic heterocycles. The summed E-state index contributed by atoms with van der Waals surface area (Å²) in [6.07, 6.45) is 0.367. The van der Waals surface area contributed by atoms with Crippen molar-refractivity contribution in [2.24, 2.45) is 0 Å². The summed E-state index contributed by atoms with van der Waals surface area (Å²) >= 11 is 0.649. The molecule has 2 rings (SSSR count). The number of ketones is 1. The number of hydrogen-bond acceptors (Lipinski definition) is 5. The first-order chi connectivity index (χ1) is 10.5. The Bertz CT molecular complexity index is 774. The van der Waals surface area contributed by atoms with Gasteiger partial charge in [-0.15, -0.1) is 0 Å². The van der Waals surface area contributed by atoms with E-state index >= 15 is 0 Å². The molecule has 0 aliphatic carbocycles. The zero-order valence-corrected chi connectivity index (χ0v) is 13.0. The predicted octanol–water partition coefficient (Wildman–Crippen LogP) is 2.06. The summed E-state index contributed by atoms with van der Waals surface area (Å²) in [5.41, 5.74) is 0.787. The maximum Gasteiger partial charge on any atom is 0.347 e. The van der Waals surface area contributed by atoms with Crippen molar-refractivity contribution in [2.45, 2.75) is 19.9 Å². The Morgan fingerprint density at radius 1 is 1.36 bits per heavy atom. The number of benzene rings is 1. The number of aromatic nitrogens is 1. The molecular formula is C15H15NO5S. The first-order valence-corrected chi connectivity index (χ1v) is 7.42. The molecule has 116 valence electrons. The van der Waals surface area contributed by atoms with E-state index in [1.165, 1.54) is 11.7 Å². The molecule has 0 aliphatic rings. The Balaban J connectivity index is 2.36. The van der Waals surface area contributed by atoms with E-state index in [0.717, 1.165) is 0 Å². The monoisotopic (exact) mass is 321 g/mol. The molecule has 22 heavy (non-hydrogen) atoms. The fraction of sp³-hybridized carbons (Fsp3) is 0.267. The number of carbonyl (C=O) groups is 2. The number of hydrogen-bond donors (Lipinski definition) is 1. The van der Waals surface area contributed by atoms with Crippen LogP contribution in [0.5, 0.6) is 5.75 Å². The number of nitrogens with zero attached hydrogens (tertiary/aromatic N) is 1. The van der Waals surface area contributed by atoms with Crippen LogP contribution in [0.1, 0.15) is 32.6 Å². The van der Waals surface area contributed by atoms with E-state index in [4.69, 9.17) is 9.84 Å². The Morgan fingerprint density at radius 3 is 2.68 bits per heavy atom. The van der Waals surface area contributed by atoms with Crippen molar-refractivity contribution in [3.8, 4) is 5.75 Å². The van der Waals surface area contributed by atoms with Gasteiger partial charge in [0.1, 0.15) is 10.6 Å². The third-order valence-corrected chi connectivity index (χ3v) is 4.23. The zero-order valence-electron chi connectivity index (χ0n) is 12.2. The summed E-state index contributed by atoms with van der Waals surface area (Å²) in [5.74, 6) is -0.873. The van der Waals surface area contributed by atoms with Crippen LogP contribution in [0.3, 0.4) is 0 Å². The van der Waals surface area contributed by atoms with Crippen LogP contribution in [0.2, 0.25) is 0 Å². The van der Waals surface area contributed by atoms with Gasteiger partial charge >= 0.3 is 10.8 Å². The molecule has 0 bridgehead atoms. The second-order valence-corrected chi connectivity index (χ2v) is 5.51. The average Bonchev–Trinajstić information content (AvgIpc) is 2.83. The van der Waals surface area contributed by atoms with Crippen LogP contribution >= 0.6 is 11.3 Å². The Morgan fingerprint density at radius 2 is 2.09 bits per heavy atom. The highest BCUT2D eigenvalue weighted by Crippen LogP contribution is 2.17. The quantitative estimate of drug-likeness (QED) is 0.823. The smallest absolute Gasteiger partial charge is 0.347 e. The van der Waals surface area contributed by atoms with E-state index in [0.29, 0.717) is 34.8 Å². The average molecular weight is 321 g/mol. The van der Waals surface area contributed by atoms with Gasteiger partial charge < -0.3 is 9.84 Å². The largest absolute Gasteiger partial charge is 0.497 e. The molecule has 0 saturated heterocycles. The molecule has 0 saturated carbocycles.